The molecule has 0 spiro atoms. The molecule has 1 saturated carbocycles. The molecule has 0 saturated heterocycles. The fraction of sp³-hybridized carbons (Fsp3) is 0.692. The average molecular weight is 252 g/mol. The Morgan fingerprint density at radius 3 is 2.61 bits per heavy atom. The van der Waals surface area contributed by atoms with E-state index >= 15 is 0 Å². The van der Waals surface area contributed by atoms with Gasteiger partial charge < -0.3 is 10.6 Å². The van der Waals surface area contributed by atoms with Gasteiger partial charge in [0.1, 0.15) is 0 Å². The van der Waals surface area contributed by atoms with Crippen LogP contribution in [0.25, 0.3) is 0 Å². The lowest BCUT2D eigenvalue weighted by atomic mass is 9.75. The van der Waals surface area contributed by atoms with Crippen LogP contribution in [0, 0.1) is 11.2 Å². The normalized spacial score (nSPS) is 19.6. The van der Waals surface area contributed by atoms with E-state index in [1.54, 1.807) is 7.05 Å². The standard InChI is InChI=1S/C13H21FN4/c1-13(2)6-4-9(5-7-13)17-11-10(14)8-16-12(15-3)18-11/h8-9H,4-7H2,1-3H3,(H2,15,16,17,18). The molecule has 1 aromatic rings. The number of hydrogen-bond acceptors (Lipinski definition) is 4. The Balaban J connectivity index is 2.01. The molecule has 1 aliphatic carbocycles. The highest BCUT2D eigenvalue weighted by molar-refractivity contribution is 5.41. The average Bonchev–Trinajstić information content (AvgIpc) is 2.34. The molecule has 5 heteroatoms. The highest BCUT2D eigenvalue weighted by atomic mass is 19.1. The number of aromatic nitrogens is 2. The molecule has 2 rings (SSSR count). The molecule has 0 atom stereocenters. The first-order valence-electron chi connectivity index (χ1n) is 6.47. The van der Waals surface area contributed by atoms with Crippen molar-refractivity contribution in [1.29, 1.82) is 0 Å². The van der Waals surface area contributed by atoms with Gasteiger partial charge in [-0.3, -0.25) is 0 Å². The Morgan fingerprint density at radius 1 is 1.33 bits per heavy atom. The molecule has 1 fully saturated rings. The third-order valence-electron chi connectivity index (χ3n) is 3.65. The number of halogens is 1. The predicted molar refractivity (Wildman–Crippen MR) is 71.2 cm³/mol. The van der Waals surface area contributed by atoms with Gasteiger partial charge in [0.15, 0.2) is 11.6 Å². The Labute approximate surface area is 107 Å². The topological polar surface area (TPSA) is 49.8 Å². The first kappa shape index (κ1) is 13.1. The van der Waals surface area contributed by atoms with Crippen LogP contribution in [0.5, 0.6) is 0 Å². The largest absolute Gasteiger partial charge is 0.365 e. The van der Waals surface area contributed by atoms with Crippen LogP contribution in [0.2, 0.25) is 0 Å². The van der Waals surface area contributed by atoms with Crippen molar-refractivity contribution in [2.75, 3.05) is 17.7 Å². The molecule has 0 aromatic carbocycles. The number of hydrogen-bond donors (Lipinski definition) is 2. The van der Waals surface area contributed by atoms with E-state index in [2.05, 4.69) is 34.4 Å². The summed E-state index contributed by atoms with van der Waals surface area (Å²) in [7, 11) is 1.72. The monoisotopic (exact) mass is 252 g/mol. The van der Waals surface area contributed by atoms with Crippen molar-refractivity contribution in [2.45, 2.75) is 45.6 Å². The lowest BCUT2D eigenvalue weighted by Crippen LogP contribution is -2.30. The van der Waals surface area contributed by atoms with Crippen molar-refractivity contribution in [1.82, 2.24) is 9.97 Å². The van der Waals surface area contributed by atoms with Crippen molar-refractivity contribution < 1.29 is 4.39 Å². The van der Waals surface area contributed by atoms with Crippen LogP contribution in [-0.4, -0.2) is 23.1 Å². The van der Waals surface area contributed by atoms with Gasteiger partial charge in [-0.25, -0.2) is 9.37 Å². The van der Waals surface area contributed by atoms with E-state index in [0.29, 0.717) is 23.2 Å². The Hall–Kier alpha value is -1.39. The Morgan fingerprint density at radius 2 is 2.00 bits per heavy atom. The van der Waals surface area contributed by atoms with Gasteiger partial charge in [-0.15, -0.1) is 0 Å². The zero-order chi connectivity index (χ0) is 13.2. The van der Waals surface area contributed by atoms with Gasteiger partial charge in [0, 0.05) is 13.1 Å². The van der Waals surface area contributed by atoms with Crippen molar-refractivity contribution in [3.63, 3.8) is 0 Å². The lowest BCUT2D eigenvalue weighted by Gasteiger charge is -2.34. The van der Waals surface area contributed by atoms with Gasteiger partial charge in [0.05, 0.1) is 6.20 Å². The van der Waals surface area contributed by atoms with Crippen LogP contribution in [0.1, 0.15) is 39.5 Å². The molecule has 1 aromatic heterocycles. The van der Waals surface area contributed by atoms with Gasteiger partial charge in [-0.05, 0) is 31.1 Å². The molecule has 0 bridgehead atoms. The summed E-state index contributed by atoms with van der Waals surface area (Å²) >= 11 is 0. The molecule has 1 heterocycles. The smallest absolute Gasteiger partial charge is 0.224 e. The molecule has 1 aliphatic rings. The van der Waals surface area contributed by atoms with Crippen LogP contribution in [0.15, 0.2) is 6.20 Å². The number of nitrogens with one attached hydrogen (secondary N) is 2. The summed E-state index contributed by atoms with van der Waals surface area (Å²) in [5.74, 6) is 0.355. The molecular formula is C13H21FN4. The minimum atomic E-state index is -0.390. The molecule has 0 unspecified atom stereocenters. The summed E-state index contributed by atoms with van der Waals surface area (Å²) in [6.07, 6.45) is 5.65. The minimum absolute atomic E-state index is 0.305. The summed E-state index contributed by atoms with van der Waals surface area (Å²) in [5.41, 5.74) is 0.415. The minimum Gasteiger partial charge on any atom is -0.365 e. The first-order valence-corrected chi connectivity index (χ1v) is 6.47. The van der Waals surface area contributed by atoms with Gasteiger partial charge in [-0.1, -0.05) is 13.8 Å². The van der Waals surface area contributed by atoms with Gasteiger partial charge in [0.25, 0.3) is 0 Å². The highest BCUT2D eigenvalue weighted by Crippen LogP contribution is 2.36. The quantitative estimate of drug-likeness (QED) is 0.868. The van der Waals surface area contributed by atoms with E-state index in [4.69, 9.17) is 0 Å². The van der Waals surface area contributed by atoms with Gasteiger partial charge in [-0.2, -0.15) is 4.98 Å². The van der Waals surface area contributed by atoms with Crippen molar-refractivity contribution >= 4 is 11.8 Å². The maximum atomic E-state index is 13.6. The van der Waals surface area contributed by atoms with Crippen LogP contribution in [0.4, 0.5) is 16.2 Å². The maximum absolute atomic E-state index is 13.6. The second-order valence-corrected chi connectivity index (χ2v) is 5.72. The summed E-state index contributed by atoms with van der Waals surface area (Å²) in [6.45, 7) is 4.57. The second-order valence-electron chi connectivity index (χ2n) is 5.72. The molecular weight excluding hydrogens is 231 g/mol. The van der Waals surface area contributed by atoms with E-state index in [-0.39, 0.29) is 5.82 Å². The SMILES string of the molecule is CNc1ncc(F)c(NC2CCC(C)(C)CC2)n1. The van der Waals surface area contributed by atoms with E-state index in [1.807, 2.05) is 0 Å². The molecule has 2 N–H and O–H groups in total. The fourth-order valence-corrected chi connectivity index (χ4v) is 2.33. The lowest BCUT2D eigenvalue weighted by molar-refractivity contribution is 0.232. The fourth-order valence-electron chi connectivity index (χ4n) is 2.33. The number of nitrogens with zero attached hydrogens (tertiary/aromatic N) is 2. The highest BCUT2D eigenvalue weighted by Gasteiger charge is 2.27. The third-order valence-corrected chi connectivity index (χ3v) is 3.65. The van der Waals surface area contributed by atoms with E-state index < -0.39 is 0 Å². The summed E-state index contributed by atoms with van der Waals surface area (Å²) in [6, 6.07) is 0.312. The van der Waals surface area contributed by atoms with Crippen molar-refractivity contribution in [3.8, 4) is 0 Å². The van der Waals surface area contributed by atoms with Crippen LogP contribution >= 0.6 is 0 Å². The third kappa shape index (κ3) is 3.09. The van der Waals surface area contributed by atoms with E-state index in [0.717, 1.165) is 25.7 Å². The predicted octanol–water partition coefficient (Wildman–Crippen LogP) is 3.04. The summed E-state index contributed by atoms with van der Waals surface area (Å²) < 4.78 is 13.6. The van der Waals surface area contributed by atoms with Gasteiger partial charge in [0.2, 0.25) is 5.95 Å². The molecule has 100 valence electrons. The molecule has 4 nitrogen and oxygen atoms in total. The van der Waals surface area contributed by atoms with Crippen molar-refractivity contribution in [3.05, 3.63) is 12.0 Å². The molecule has 18 heavy (non-hydrogen) atoms. The Bertz CT molecular complexity index is 409. The van der Waals surface area contributed by atoms with Crippen LogP contribution < -0.4 is 10.6 Å². The second kappa shape index (κ2) is 5.08. The molecule has 0 radical (unpaired) electrons. The molecule has 0 amide bonds. The number of anilines is 2. The van der Waals surface area contributed by atoms with E-state index in [9.17, 15) is 4.39 Å². The maximum Gasteiger partial charge on any atom is 0.224 e. The molecule has 0 aliphatic heterocycles. The summed E-state index contributed by atoms with van der Waals surface area (Å²) in [4.78, 5) is 7.95. The Kier molecular flexibility index (Phi) is 3.68. The zero-order valence-electron chi connectivity index (χ0n) is 11.3. The number of rotatable bonds is 3. The van der Waals surface area contributed by atoms with E-state index in [1.165, 1.54) is 6.20 Å². The first-order chi connectivity index (χ1) is 8.50. The van der Waals surface area contributed by atoms with Gasteiger partial charge >= 0.3 is 0 Å². The summed E-state index contributed by atoms with van der Waals surface area (Å²) in [5, 5.41) is 6.01. The van der Waals surface area contributed by atoms with Crippen LogP contribution in [-0.2, 0) is 0 Å². The van der Waals surface area contributed by atoms with Crippen molar-refractivity contribution in [2.24, 2.45) is 5.41 Å². The zero-order valence-corrected chi connectivity index (χ0v) is 11.3. The van der Waals surface area contributed by atoms with Crippen LogP contribution in [0.3, 0.4) is 0 Å².